The second kappa shape index (κ2) is 6.23. The molecule has 1 aromatic carbocycles. The van der Waals surface area contributed by atoms with Crippen LogP contribution in [0.25, 0.3) is 0 Å². The molecule has 20 heavy (non-hydrogen) atoms. The highest BCUT2D eigenvalue weighted by molar-refractivity contribution is 9.10. The molecule has 1 unspecified atom stereocenters. The average molecular weight is 344 g/mol. The smallest absolute Gasteiger partial charge is 0.328 e. The van der Waals surface area contributed by atoms with Gasteiger partial charge in [-0.25, -0.2) is 4.79 Å². The van der Waals surface area contributed by atoms with Gasteiger partial charge in [0.2, 0.25) is 0 Å². The number of carboxylic acid groups (broad SMARTS) is 1. The molecule has 1 amide bonds. The van der Waals surface area contributed by atoms with Crippen molar-refractivity contribution in [1.29, 1.82) is 0 Å². The van der Waals surface area contributed by atoms with E-state index in [1.165, 1.54) is 12.0 Å². The van der Waals surface area contributed by atoms with Gasteiger partial charge in [-0.2, -0.15) is 0 Å². The Labute approximate surface area is 124 Å². The molecule has 0 aromatic heterocycles. The Morgan fingerprint density at radius 3 is 2.90 bits per heavy atom. The number of hydrogen-bond acceptors (Lipinski definition) is 4. The standard InChI is InChI=1S/C13H14BrNO5/c1-19-11-6-8(14)2-3-9(11)12(16)15-4-5-20-7-10(15)13(17)18/h2-3,6,10H,4-5,7H2,1H3,(H,17,18). The predicted molar refractivity (Wildman–Crippen MR) is 74.0 cm³/mol. The van der Waals surface area contributed by atoms with E-state index in [2.05, 4.69) is 15.9 Å². The maximum atomic E-state index is 12.5. The lowest BCUT2D eigenvalue weighted by Gasteiger charge is -2.33. The summed E-state index contributed by atoms with van der Waals surface area (Å²) in [6, 6.07) is 4.03. The van der Waals surface area contributed by atoms with E-state index in [0.717, 1.165) is 4.47 Å². The van der Waals surface area contributed by atoms with Crippen LogP contribution >= 0.6 is 15.9 Å². The normalized spacial score (nSPS) is 18.7. The highest BCUT2D eigenvalue weighted by atomic mass is 79.9. The fourth-order valence-corrected chi connectivity index (χ4v) is 2.39. The minimum Gasteiger partial charge on any atom is -0.496 e. The molecular weight excluding hydrogens is 330 g/mol. The van der Waals surface area contributed by atoms with Crippen molar-refractivity contribution >= 4 is 27.8 Å². The first-order valence-corrected chi connectivity index (χ1v) is 6.79. The summed E-state index contributed by atoms with van der Waals surface area (Å²) in [5, 5.41) is 9.16. The number of ether oxygens (including phenoxy) is 2. The van der Waals surface area contributed by atoms with Gasteiger partial charge in [-0.15, -0.1) is 0 Å². The molecule has 1 aliphatic heterocycles. The van der Waals surface area contributed by atoms with Crippen LogP contribution < -0.4 is 4.74 Å². The second-order valence-electron chi connectivity index (χ2n) is 4.27. The summed E-state index contributed by atoms with van der Waals surface area (Å²) in [5.41, 5.74) is 0.337. The number of benzene rings is 1. The van der Waals surface area contributed by atoms with Crippen LogP contribution in [0.1, 0.15) is 10.4 Å². The van der Waals surface area contributed by atoms with Crippen LogP contribution in [0.3, 0.4) is 0 Å². The maximum absolute atomic E-state index is 12.5. The van der Waals surface area contributed by atoms with Crippen molar-refractivity contribution in [2.24, 2.45) is 0 Å². The lowest BCUT2D eigenvalue weighted by Crippen LogP contribution is -2.52. The second-order valence-corrected chi connectivity index (χ2v) is 5.19. The van der Waals surface area contributed by atoms with Gasteiger partial charge in [0, 0.05) is 11.0 Å². The minimum atomic E-state index is -1.07. The molecule has 1 aromatic rings. The Morgan fingerprint density at radius 2 is 2.25 bits per heavy atom. The summed E-state index contributed by atoms with van der Waals surface area (Å²) in [5.74, 6) is -1.04. The van der Waals surface area contributed by atoms with Crippen molar-refractivity contribution in [2.45, 2.75) is 6.04 Å². The van der Waals surface area contributed by atoms with E-state index in [4.69, 9.17) is 14.6 Å². The predicted octanol–water partition coefficient (Wildman–Crippen LogP) is 1.38. The van der Waals surface area contributed by atoms with Gasteiger partial charge in [-0.05, 0) is 18.2 Å². The number of methoxy groups -OCH3 is 1. The monoisotopic (exact) mass is 343 g/mol. The first-order chi connectivity index (χ1) is 9.54. The molecule has 6 nitrogen and oxygen atoms in total. The molecule has 1 heterocycles. The molecule has 0 saturated carbocycles. The number of carbonyl (C=O) groups is 2. The van der Waals surface area contributed by atoms with Crippen molar-refractivity contribution in [3.05, 3.63) is 28.2 Å². The van der Waals surface area contributed by atoms with Crippen LogP contribution in [-0.4, -0.2) is 54.8 Å². The lowest BCUT2D eigenvalue weighted by molar-refractivity contribution is -0.147. The number of carbonyl (C=O) groups excluding carboxylic acids is 1. The number of rotatable bonds is 3. The molecular formula is C13H14BrNO5. The number of aliphatic carboxylic acids is 1. The van der Waals surface area contributed by atoms with Crippen LogP contribution in [0, 0.1) is 0 Å². The van der Waals surface area contributed by atoms with E-state index in [0.29, 0.717) is 17.9 Å². The molecule has 1 aliphatic rings. The summed E-state index contributed by atoms with van der Waals surface area (Å²) in [4.78, 5) is 25.0. The zero-order chi connectivity index (χ0) is 14.7. The molecule has 2 rings (SSSR count). The number of morpholine rings is 1. The summed E-state index contributed by atoms with van der Waals surface area (Å²) >= 11 is 3.30. The minimum absolute atomic E-state index is 0.0000825. The van der Waals surface area contributed by atoms with Crippen LogP contribution in [0.5, 0.6) is 5.75 Å². The van der Waals surface area contributed by atoms with Crippen molar-refractivity contribution < 1.29 is 24.2 Å². The number of halogens is 1. The van der Waals surface area contributed by atoms with Crippen LogP contribution in [-0.2, 0) is 9.53 Å². The molecule has 1 fully saturated rings. The molecule has 0 aliphatic carbocycles. The third-order valence-electron chi connectivity index (χ3n) is 3.07. The summed E-state index contributed by atoms with van der Waals surface area (Å²) in [6.45, 7) is 0.573. The Hall–Kier alpha value is -1.60. The molecule has 7 heteroatoms. The molecule has 0 bridgehead atoms. The van der Waals surface area contributed by atoms with E-state index >= 15 is 0 Å². The van der Waals surface area contributed by atoms with Crippen LogP contribution in [0.2, 0.25) is 0 Å². The molecule has 0 spiro atoms. The quantitative estimate of drug-likeness (QED) is 0.897. The van der Waals surface area contributed by atoms with Crippen molar-refractivity contribution in [3.63, 3.8) is 0 Å². The fourth-order valence-electron chi connectivity index (χ4n) is 2.05. The van der Waals surface area contributed by atoms with Gasteiger partial charge in [0.15, 0.2) is 6.04 Å². The Morgan fingerprint density at radius 1 is 1.50 bits per heavy atom. The topological polar surface area (TPSA) is 76.1 Å². The van der Waals surface area contributed by atoms with Crippen LogP contribution in [0.4, 0.5) is 0 Å². The van der Waals surface area contributed by atoms with E-state index < -0.39 is 12.0 Å². The fraction of sp³-hybridized carbons (Fsp3) is 0.385. The lowest BCUT2D eigenvalue weighted by atomic mass is 10.1. The van der Waals surface area contributed by atoms with Gasteiger partial charge in [-0.3, -0.25) is 4.79 Å². The van der Waals surface area contributed by atoms with Crippen molar-refractivity contribution in [2.75, 3.05) is 26.9 Å². The molecule has 1 atom stereocenters. The summed E-state index contributed by atoms with van der Waals surface area (Å²) in [6.07, 6.45) is 0. The maximum Gasteiger partial charge on any atom is 0.328 e. The number of nitrogens with zero attached hydrogens (tertiary/aromatic N) is 1. The SMILES string of the molecule is COc1cc(Br)ccc1C(=O)N1CCOCC1C(=O)O. The largest absolute Gasteiger partial charge is 0.496 e. The summed E-state index contributed by atoms with van der Waals surface area (Å²) in [7, 11) is 1.46. The van der Waals surface area contributed by atoms with Crippen molar-refractivity contribution in [3.8, 4) is 5.75 Å². The van der Waals surface area contributed by atoms with E-state index in [9.17, 15) is 9.59 Å². The Balaban J connectivity index is 2.32. The van der Waals surface area contributed by atoms with Gasteiger partial charge in [0.25, 0.3) is 5.91 Å². The van der Waals surface area contributed by atoms with Crippen molar-refractivity contribution in [1.82, 2.24) is 4.90 Å². The number of amides is 1. The Kier molecular flexibility index (Phi) is 4.61. The molecule has 108 valence electrons. The third kappa shape index (κ3) is 2.94. The van der Waals surface area contributed by atoms with Crippen LogP contribution in [0.15, 0.2) is 22.7 Å². The van der Waals surface area contributed by atoms with Gasteiger partial charge < -0.3 is 19.5 Å². The van der Waals surface area contributed by atoms with Gasteiger partial charge >= 0.3 is 5.97 Å². The van der Waals surface area contributed by atoms with Gasteiger partial charge in [0.05, 0.1) is 25.9 Å². The highest BCUT2D eigenvalue weighted by Crippen LogP contribution is 2.26. The number of hydrogen-bond donors (Lipinski definition) is 1. The highest BCUT2D eigenvalue weighted by Gasteiger charge is 2.34. The number of carboxylic acids is 1. The first kappa shape index (κ1) is 14.8. The van der Waals surface area contributed by atoms with E-state index in [1.54, 1.807) is 18.2 Å². The van der Waals surface area contributed by atoms with E-state index in [1.807, 2.05) is 0 Å². The zero-order valence-corrected chi connectivity index (χ0v) is 12.4. The molecule has 1 N–H and O–H groups in total. The zero-order valence-electron chi connectivity index (χ0n) is 10.8. The average Bonchev–Trinajstić information content (AvgIpc) is 2.46. The van der Waals surface area contributed by atoms with Gasteiger partial charge in [0.1, 0.15) is 5.75 Å². The molecule has 1 saturated heterocycles. The van der Waals surface area contributed by atoms with E-state index in [-0.39, 0.29) is 19.1 Å². The first-order valence-electron chi connectivity index (χ1n) is 5.99. The third-order valence-corrected chi connectivity index (χ3v) is 3.56. The Bertz CT molecular complexity index is 533. The van der Waals surface area contributed by atoms with Gasteiger partial charge in [-0.1, -0.05) is 15.9 Å². The molecule has 0 radical (unpaired) electrons. The summed E-state index contributed by atoms with van der Waals surface area (Å²) < 4.78 is 11.1.